The fraction of sp³-hybridized carbons (Fsp3) is 0.615. The van der Waals surface area contributed by atoms with Crippen molar-refractivity contribution < 1.29 is 19.0 Å². The van der Waals surface area contributed by atoms with Crippen LogP contribution in [0.3, 0.4) is 0 Å². The van der Waals surface area contributed by atoms with Crippen LogP contribution in [0.2, 0.25) is 0 Å². The first-order chi connectivity index (χ1) is 17.3. The molecule has 200 valence electrons. The highest BCUT2D eigenvalue weighted by Gasteiger charge is 2.11. The highest BCUT2D eigenvalue weighted by Crippen LogP contribution is 2.19. The number of aromatic nitrogens is 3. The summed E-state index contributed by atoms with van der Waals surface area (Å²) in [4.78, 5) is 36.0. The van der Waals surface area contributed by atoms with E-state index in [0.29, 0.717) is 44.0 Å². The number of hydrogen-bond acceptors (Lipinski definition) is 8. The average Bonchev–Trinajstić information content (AvgIpc) is 2.88. The van der Waals surface area contributed by atoms with Crippen LogP contribution in [0, 0.1) is 0 Å². The lowest BCUT2D eigenvalue weighted by Gasteiger charge is -2.15. The van der Waals surface area contributed by atoms with Crippen molar-refractivity contribution in [2.45, 2.75) is 78.4 Å². The summed E-state index contributed by atoms with van der Waals surface area (Å²) in [5.41, 5.74) is -0.828. The third-order valence-corrected chi connectivity index (χ3v) is 5.52. The standard InChI is InChI=1S/C26H40N4O6/c1-5-7-8-9-10-17-30-26(33)29(4)25(32)24(28-30)27-16-11-18-34-21-12-14-22(15-13-21)36-20(3)19-35-23(31)6-2/h12-15,20H,5-11,16-19H2,1-4H3,(H,27,28). The minimum Gasteiger partial charge on any atom is -0.494 e. The van der Waals surface area contributed by atoms with Gasteiger partial charge in [0.15, 0.2) is 0 Å². The van der Waals surface area contributed by atoms with E-state index < -0.39 is 11.2 Å². The largest absolute Gasteiger partial charge is 0.494 e. The van der Waals surface area contributed by atoms with Crippen molar-refractivity contribution in [3.63, 3.8) is 0 Å². The fourth-order valence-electron chi connectivity index (χ4n) is 3.41. The van der Waals surface area contributed by atoms with Gasteiger partial charge in [0.25, 0.3) is 5.56 Å². The van der Waals surface area contributed by atoms with Gasteiger partial charge in [-0.1, -0.05) is 39.5 Å². The number of carbonyl (C=O) groups is 1. The molecule has 0 bridgehead atoms. The first-order valence-electron chi connectivity index (χ1n) is 12.8. The zero-order valence-electron chi connectivity index (χ0n) is 22.0. The van der Waals surface area contributed by atoms with Crippen LogP contribution in [0.1, 0.15) is 65.7 Å². The fourth-order valence-corrected chi connectivity index (χ4v) is 3.41. The molecule has 0 spiro atoms. The predicted octanol–water partition coefficient (Wildman–Crippen LogP) is 3.51. The number of nitrogens with one attached hydrogen (secondary N) is 1. The second kappa shape index (κ2) is 15.6. The number of benzene rings is 1. The van der Waals surface area contributed by atoms with Gasteiger partial charge in [-0.2, -0.15) is 0 Å². The molecule has 1 aromatic carbocycles. The molecule has 0 amide bonds. The van der Waals surface area contributed by atoms with Gasteiger partial charge in [-0.25, -0.2) is 9.48 Å². The summed E-state index contributed by atoms with van der Waals surface area (Å²) in [5.74, 6) is 1.27. The van der Waals surface area contributed by atoms with Crippen molar-refractivity contribution >= 4 is 11.8 Å². The summed E-state index contributed by atoms with van der Waals surface area (Å²) in [6.07, 6.45) is 6.08. The average molecular weight is 505 g/mol. The van der Waals surface area contributed by atoms with Crippen LogP contribution < -0.4 is 26.0 Å². The van der Waals surface area contributed by atoms with E-state index in [2.05, 4.69) is 17.3 Å². The molecule has 1 atom stereocenters. The zero-order chi connectivity index (χ0) is 26.3. The zero-order valence-corrected chi connectivity index (χ0v) is 22.0. The molecule has 1 N–H and O–H groups in total. The first-order valence-corrected chi connectivity index (χ1v) is 12.8. The summed E-state index contributed by atoms with van der Waals surface area (Å²) < 4.78 is 19.0. The Kier molecular flexibility index (Phi) is 12.6. The highest BCUT2D eigenvalue weighted by atomic mass is 16.6. The van der Waals surface area contributed by atoms with Gasteiger partial charge < -0.3 is 19.5 Å². The monoisotopic (exact) mass is 504 g/mol. The third kappa shape index (κ3) is 9.75. The maximum absolute atomic E-state index is 12.4. The van der Waals surface area contributed by atoms with Gasteiger partial charge >= 0.3 is 11.7 Å². The van der Waals surface area contributed by atoms with Crippen LogP contribution >= 0.6 is 0 Å². The summed E-state index contributed by atoms with van der Waals surface area (Å²) in [6.45, 7) is 7.36. The van der Waals surface area contributed by atoms with E-state index in [-0.39, 0.29) is 24.5 Å². The van der Waals surface area contributed by atoms with Crippen LogP contribution in [0.15, 0.2) is 33.9 Å². The molecule has 0 saturated carbocycles. The van der Waals surface area contributed by atoms with Gasteiger partial charge in [0.05, 0.1) is 6.61 Å². The molecule has 1 aromatic heterocycles. The molecule has 0 saturated heterocycles. The minimum absolute atomic E-state index is 0.172. The SMILES string of the molecule is CCCCCCCn1nc(NCCCOc2ccc(OC(C)COC(=O)CC)cc2)c(=O)n(C)c1=O. The lowest BCUT2D eigenvalue weighted by molar-refractivity contribution is -0.145. The quantitative estimate of drug-likeness (QED) is 0.257. The lowest BCUT2D eigenvalue weighted by Crippen LogP contribution is -2.41. The molecule has 0 aliphatic heterocycles. The molecule has 0 radical (unpaired) electrons. The van der Waals surface area contributed by atoms with Crippen LogP contribution in [-0.4, -0.2) is 46.2 Å². The molecular formula is C26H40N4O6. The van der Waals surface area contributed by atoms with Gasteiger partial charge in [0, 0.05) is 26.6 Å². The van der Waals surface area contributed by atoms with Gasteiger partial charge in [-0.15, -0.1) is 5.10 Å². The Hall–Kier alpha value is -3.30. The topological polar surface area (TPSA) is 114 Å². The molecule has 10 nitrogen and oxygen atoms in total. The molecule has 2 aromatic rings. The van der Waals surface area contributed by atoms with Crippen molar-refractivity contribution in [2.24, 2.45) is 7.05 Å². The van der Waals surface area contributed by atoms with E-state index in [1.165, 1.54) is 18.2 Å². The smallest absolute Gasteiger partial charge is 0.347 e. The van der Waals surface area contributed by atoms with E-state index in [4.69, 9.17) is 14.2 Å². The Morgan fingerprint density at radius 2 is 1.72 bits per heavy atom. The molecular weight excluding hydrogens is 464 g/mol. The van der Waals surface area contributed by atoms with Crippen LogP contribution in [0.5, 0.6) is 11.5 Å². The number of esters is 1. The predicted molar refractivity (Wildman–Crippen MR) is 139 cm³/mol. The van der Waals surface area contributed by atoms with Crippen molar-refractivity contribution in [1.29, 1.82) is 0 Å². The summed E-state index contributed by atoms with van der Waals surface area (Å²) in [5, 5.41) is 7.28. The number of rotatable bonds is 17. The minimum atomic E-state index is -0.433. The number of hydrogen-bond donors (Lipinski definition) is 1. The van der Waals surface area contributed by atoms with Crippen LogP contribution in [0.25, 0.3) is 0 Å². The van der Waals surface area contributed by atoms with Crippen LogP contribution in [-0.2, 0) is 23.1 Å². The lowest BCUT2D eigenvalue weighted by atomic mass is 10.1. The molecule has 2 rings (SSSR count). The van der Waals surface area contributed by atoms with E-state index in [1.54, 1.807) is 31.2 Å². The maximum Gasteiger partial charge on any atom is 0.347 e. The van der Waals surface area contributed by atoms with Crippen molar-refractivity contribution in [2.75, 3.05) is 25.1 Å². The van der Waals surface area contributed by atoms with Crippen LogP contribution in [0.4, 0.5) is 5.82 Å². The Bertz CT molecular complexity index is 1050. The number of nitrogens with zero attached hydrogens (tertiary/aromatic N) is 3. The molecule has 0 aliphatic rings. The van der Waals surface area contributed by atoms with Gasteiger partial charge in [0.1, 0.15) is 24.2 Å². The van der Waals surface area contributed by atoms with Crippen molar-refractivity contribution in [3.8, 4) is 11.5 Å². The highest BCUT2D eigenvalue weighted by molar-refractivity contribution is 5.68. The van der Waals surface area contributed by atoms with Gasteiger partial charge in [-0.3, -0.25) is 14.2 Å². The molecule has 36 heavy (non-hydrogen) atoms. The number of ether oxygens (including phenoxy) is 3. The normalized spacial score (nSPS) is 11.7. The Morgan fingerprint density at radius 3 is 2.42 bits per heavy atom. The summed E-state index contributed by atoms with van der Waals surface area (Å²) in [7, 11) is 1.47. The third-order valence-electron chi connectivity index (χ3n) is 5.52. The maximum atomic E-state index is 12.4. The molecule has 1 heterocycles. The van der Waals surface area contributed by atoms with E-state index >= 15 is 0 Å². The Labute approximate surface area is 212 Å². The summed E-state index contributed by atoms with van der Waals surface area (Å²) in [6, 6.07) is 7.21. The second-order valence-corrected chi connectivity index (χ2v) is 8.70. The number of carbonyl (C=O) groups excluding carboxylic acids is 1. The number of aryl methyl sites for hydroxylation is 1. The Morgan fingerprint density at radius 1 is 1.03 bits per heavy atom. The molecule has 10 heteroatoms. The van der Waals surface area contributed by atoms with Gasteiger partial charge in [-0.05, 0) is 44.0 Å². The van der Waals surface area contributed by atoms with E-state index in [1.807, 2.05) is 6.92 Å². The van der Waals surface area contributed by atoms with Gasteiger partial charge in [0.2, 0.25) is 5.82 Å². The molecule has 1 unspecified atom stereocenters. The van der Waals surface area contributed by atoms with Crippen molar-refractivity contribution in [3.05, 3.63) is 45.1 Å². The van der Waals surface area contributed by atoms with Crippen molar-refractivity contribution in [1.82, 2.24) is 14.3 Å². The number of anilines is 1. The Balaban J connectivity index is 1.76. The first kappa shape index (κ1) is 28.9. The molecule has 0 fully saturated rings. The second-order valence-electron chi connectivity index (χ2n) is 8.70. The van der Waals surface area contributed by atoms with E-state index in [0.717, 1.165) is 30.3 Å². The number of unbranched alkanes of at least 4 members (excludes halogenated alkanes) is 4. The van der Waals surface area contributed by atoms with E-state index in [9.17, 15) is 14.4 Å². The summed E-state index contributed by atoms with van der Waals surface area (Å²) >= 11 is 0. The molecule has 0 aliphatic carbocycles.